The maximum Gasteiger partial charge on any atom is 0.315 e. The molecule has 0 aliphatic carbocycles. The Morgan fingerprint density at radius 2 is 2.07 bits per heavy atom. The zero-order valence-electron chi connectivity index (χ0n) is 8.78. The van der Waals surface area contributed by atoms with Crippen LogP contribution in [0, 0.1) is 13.8 Å². The lowest BCUT2D eigenvalue weighted by Crippen LogP contribution is -2.06. The number of ether oxygens (including phenoxy) is 1. The Bertz CT molecular complexity index is 374. The maximum atomic E-state index is 10.9. The Morgan fingerprint density at radius 1 is 1.40 bits per heavy atom. The summed E-state index contributed by atoms with van der Waals surface area (Å²) in [5.41, 5.74) is 2.59. The largest absolute Gasteiger partial charge is 0.508 e. The molecule has 4 heteroatoms. The molecule has 0 aromatic heterocycles. The van der Waals surface area contributed by atoms with Crippen molar-refractivity contribution in [2.45, 2.75) is 20.5 Å². The number of rotatable bonds is 3. The number of carbonyl (C=O) groups excluding carboxylic acids is 1. The molecule has 1 rings (SSSR count). The van der Waals surface area contributed by atoms with Crippen molar-refractivity contribution in [1.29, 1.82) is 0 Å². The molecule has 0 unspecified atom stereocenters. The third-order valence-electron chi connectivity index (χ3n) is 2.17. The number of carbonyl (C=O) groups is 1. The Kier molecular flexibility index (Phi) is 4.03. The highest BCUT2D eigenvalue weighted by Crippen LogP contribution is 2.21. The molecule has 1 aromatic carbocycles. The smallest absolute Gasteiger partial charge is 0.315 e. The van der Waals surface area contributed by atoms with E-state index in [4.69, 9.17) is 4.74 Å². The van der Waals surface area contributed by atoms with Crippen LogP contribution < -0.4 is 0 Å². The maximum absolute atomic E-state index is 10.9. The van der Waals surface area contributed by atoms with Crippen LogP contribution in [0.2, 0.25) is 0 Å². The lowest BCUT2D eigenvalue weighted by atomic mass is 10.1. The number of phenolic OH excluding ortho intramolecular Hbond substituents is 1. The lowest BCUT2D eigenvalue weighted by molar-refractivity contribution is -0.141. The van der Waals surface area contributed by atoms with Crippen molar-refractivity contribution in [1.82, 2.24) is 0 Å². The van der Waals surface area contributed by atoms with E-state index in [2.05, 4.69) is 12.6 Å². The first-order valence-electron chi connectivity index (χ1n) is 4.60. The summed E-state index contributed by atoms with van der Waals surface area (Å²) in [5, 5.41) is 9.43. The summed E-state index contributed by atoms with van der Waals surface area (Å²) in [6.07, 6.45) is 0. The van der Waals surface area contributed by atoms with Crippen molar-refractivity contribution < 1.29 is 14.6 Å². The quantitative estimate of drug-likeness (QED) is 0.612. The number of thiol groups is 1. The van der Waals surface area contributed by atoms with Gasteiger partial charge in [0.1, 0.15) is 12.4 Å². The molecule has 0 saturated heterocycles. The van der Waals surface area contributed by atoms with E-state index in [0.29, 0.717) is 0 Å². The topological polar surface area (TPSA) is 46.5 Å². The molecule has 1 aromatic rings. The Labute approximate surface area is 94.5 Å². The standard InChI is InChI=1S/C11H14O3S/c1-7-4-10(12)8(2)3-9(7)5-14-11(13)6-15/h3-4,12,15H,5-6H2,1-2H3. The summed E-state index contributed by atoms with van der Waals surface area (Å²) in [6, 6.07) is 3.48. The molecule has 0 aliphatic rings. The molecular formula is C11H14O3S. The van der Waals surface area contributed by atoms with Gasteiger partial charge in [-0.15, -0.1) is 0 Å². The third kappa shape index (κ3) is 3.16. The Balaban J connectivity index is 2.77. The number of hydrogen-bond donors (Lipinski definition) is 2. The molecule has 15 heavy (non-hydrogen) atoms. The average molecular weight is 226 g/mol. The van der Waals surface area contributed by atoms with Gasteiger partial charge in [0.15, 0.2) is 0 Å². The minimum absolute atomic E-state index is 0.0795. The highest BCUT2D eigenvalue weighted by Gasteiger charge is 2.06. The van der Waals surface area contributed by atoms with Crippen LogP contribution in [0.3, 0.4) is 0 Å². The second-order valence-corrected chi connectivity index (χ2v) is 3.70. The molecule has 0 bridgehead atoms. The third-order valence-corrected chi connectivity index (χ3v) is 2.43. The number of benzene rings is 1. The van der Waals surface area contributed by atoms with Gasteiger partial charge in [-0.25, -0.2) is 0 Å². The fourth-order valence-electron chi connectivity index (χ4n) is 1.22. The number of phenols is 1. The Morgan fingerprint density at radius 3 is 2.67 bits per heavy atom. The summed E-state index contributed by atoms with van der Waals surface area (Å²) in [7, 11) is 0. The van der Waals surface area contributed by atoms with Gasteiger partial charge in [-0.1, -0.05) is 0 Å². The summed E-state index contributed by atoms with van der Waals surface area (Å²) >= 11 is 3.81. The molecule has 0 heterocycles. The highest BCUT2D eigenvalue weighted by atomic mass is 32.1. The van der Waals surface area contributed by atoms with Gasteiger partial charge in [0.2, 0.25) is 0 Å². The predicted octanol–water partition coefficient (Wildman–Crippen LogP) is 1.98. The van der Waals surface area contributed by atoms with E-state index < -0.39 is 0 Å². The van der Waals surface area contributed by atoms with Crippen molar-refractivity contribution in [2.24, 2.45) is 0 Å². The number of aryl methyl sites for hydroxylation is 2. The van der Waals surface area contributed by atoms with Gasteiger partial charge < -0.3 is 9.84 Å². The molecule has 0 spiro atoms. The molecule has 3 nitrogen and oxygen atoms in total. The summed E-state index contributed by atoms with van der Waals surface area (Å²) in [6.45, 7) is 3.90. The summed E-state index contributed by atoms with van der Waals surface area (Å²) < 4.78 is 4.96. The first kappa shape index (κ1) is 11.9. The normalized spacial score (nSPS) is 10.1. The molecule has 1 N–H and O–H groups in total. The number of hydrogen-bond acceptors (Lipinski definition) is 4. The molecule has 0 aliphatic heterocycles. The minimum Gasteiger partial charge on any atom is -0.508 e. The molecule has 0 fully saturated rings. The van der Waals surface area contributed by atoms with Crippen molar-refractivity contribution in [3.8, 4) is 5.75 Å². The van der Waals surface area contributed by atoms with Crippen LogP contribution in [0.4, 0.5) is 0 Å². The van der Waals surface area contributed by atoms with Gasteiger partial charge in [-0.05, 0) is 42.7 Å². The van der Waals surface area contributed by atoms with Crippen molar-refractivity contribution in [2.75, 3.05) is 5.75 Å². The minimum atomic E-state index is -0.344. The van der Waals surface area contributed by atoms with E-state index in [1.165, 1.54) is 0 Å². The van der Waals surface area contributed by atoms with Crippen LogP contribution in [0.15, 0.2) is 12.1 Å². The van der Waals surface area contributed by atoms with Gasteiger partial charge in [0, 0.05) is 0 Å². The zero-order chi connectivity index (χ0) is 11.4. The summed E-state index contributed by atoms with van der Waals surface area (Å²) in [5.74, 6) is -0.00364. The second kappa shape index (κ2) is 5.07. The van der Waals surface area contributed by atoms with Gasteiger partial charge in [-0.2, -0.15) is 12.6 Å². The molecular weight excluding hydrogens is 212 g/mol. The monoisotopic (exact) mass is 226 g/mol. The van der Waals surface area contributed by atoms with Crippen LogP contribution in [-0.2, 0) is 16.1 Å². The van der Waals surface area contributed by atoms with Crippen molar-refractivity contribution in [3.05, 3.63) is 28.8 Å². The molecule has 0 amide bonds. The van der Waals surface area contributed by atoms with Gasteiger partial charge in [0.25, 0.3) is 0 Å². The highest BCUT2D eigenvalue weighted by molar-refractivity contribution is 7.81. The average Bonchev–Trinajstić information content (AvgIpc) is 2.21. The van der Waals surface area contributed by atoms with Crippen LogP contribution >= 0.6 is 12.6 Å². The molecule has 82 valence electrons. The van der Waals surface area contributed by atoms with Crippen LogP contribution in [-0.4, -0.2) is 16.8 Å². The lowest BCUT2D eigenvalue weighted by Gasteiger charge is -2.09. The van der Waals surface area contributed by atoms with E-state index in [9.17, 15) is 9.90 Å². The molecule has 0 radical (unpaired) electrons. The molecule has 0 atom stereocenters. The fourth-order valence-corrected chi connectivity index (χ4v) is 1.31. The summed E-state index contributed by atoms with van der Waals surface area (Å²) in [4.78, 5) is 10.9. The van der Waals surface area contributed by atoms with Crippen molar-refractivity contribution in [3.63, 3.8) is 0 Å². The van der Waals surface area contributed by atoms with E-state index in [1.807, 2.05) is 13.0 Å². The van der Waals surface area contributed by atoms with Gasteiger partial charge in [0.05, 0.1) is 5.75 Å². The predicted molar refractivity (Wildman–Crippen MR) is 61.2 cm³/mol. The van der Waals surface area contributed by atoms with Crippen molar-refractivity contribution >= 4 is 18.6 Å². The van der Waals surface area contributed by atoms with Gasteiger partial charge >= 0.3 is 5.97 Å². The Hall–Kier alpha value is -1.16. The van der Waals surface area contributed by atoms with E-state index in [-0.39, 0.29) is 24.1 Å². The second-order valence-electron chi connectivity index (χ2n) is 3.38. The van der Waals surface area contributed by atoms with E-state index in [1.54, 1.807) is 13.0 Å². The van der Waals surface area contributed by atoms with Crippen LogP contribution in [0.1, 0.15) is 16.7 Å². The number of esters is 1. The van der Waals surface area contributed by atoms with Crippen LogP contribution in [0.5, 0.6) is 5.75 Å². The zero-order valence-corrected chi connectivity index (χ0v) is 9.67. The van der Waals surface area contributed by atoms with E-state index >= 15 is 0 Å². The van der Waals surface area contributed by atoms with Gasteiger partial charge in [-0.3, -0.25) is 4.79 Å². The first-order chi connectivity index (χ1) is 7.04. The van der Waals surface area contributed by atoms with Crippen LogP contribution in [0.25, 0.3) is 0 Å². The van der Waals surface area contributed by atoms with E-state index in [0.717, 1.165) is 16.7 Å². The SMILES string of the molecule is Cc1cc(COC(=O)CS)c(C)cc1O. The molecule has 0 saturated carbocycles. The fraction of sp³-hybridized carbons (Fsp3) is 0.364. The first-order valence-corrected chi connectivity index (χ1v) is 5.23. The number of aromatic hydroxyl groups is 1.